The van der Waals surface area contributed by atoms with E-state index < -0.39 is 17.4 Å². The molecule has 0 radical (unpaired) electrons. The second-order valence-electron chi connectivity index (χ2n) is 4.62. The smallest absolute Gasteiger partial charge is 0.323 e. The number of carboxylic acids is 1. The molecule has 0 rings (SSSR count). The number of amides is 1. The summed E-state index contributed by atoms with van der Waals surface area (Å²) in [5.41, 5.74) is 3.95. The molecule has 4 N–H and O–H groups in total. The molecule has 0 aromatic carbocycles. The number of carbonyl (C=O) groups excluding carboxylic acids is 1. The Kier molecular flexibility index (Phi) is 7.54. The molecular formula is C12H24N2O3. The summed E-state index contributed by atoms with van der Waals surface area (Å²) in [6, 6.07) is 0. The summed E-state index contributed by atoms with van der Waals surface area (Å²) >= 11 is 0. The normalized spacial score (nSPS) is 14.2. The topological polar surface area (TPSA) is 92.4 Å². The summed E-state index contributed by atoms with van der Waals surface area (Å²) < 4.78 is 0. The minimum absolute atomic E-state index is 0.0994. The summed E-state index contributed by atoms with van der Waals surface area (Å²) in [6.07, 6.45) is 5.85. The van der Waals surface area contributed by atoms with Crippen LogP contribution < -0.4 is 11.1 Å². The zero-order valence-corrected chi connectivity index (χ0v) is 10.8. The zero-order chi connectivity index (χ0) is 13.3. The Labute approximate surface area is 103 Å². The van der Waals surface area contributed by atoms with E-state index in [2.05, 4.69) is 12.2 Å². The molecule has 0 saturated carbocycles. The highest BCUT2D eigenvalue weighted by Crippen LogP contribution is 2.16. The highest BCUT2D eigenvalue weighted by atomic mass is 16.4. The SMILES string of the molecule is CCCCCCCC(C)(NCC(N)=O)C(=O)O. The minimum atomic E-state index is -1.05. The van der Waals surface area contributed by atoms with Crippen molar-refractivity contribution in [1.82, 2.24) is 5.32 Å². The molecule has 0 aliphatic rings. The van der Waals surface area contributed by atoms with Crippen LogP contribution in [0.4, 0.5) is 0 Å². The van der Waals surface area contributed by atoms with Gasteiger partial charge in [-0.2, -0.15) is 0 Å². The Balaban J connectivity index is 4.04. The van der Waals surface area contributed by atoms with Crippen molar-refractivity contribution in [2.45, 2.75) is 57.9 Å². The Hall–Kier alpha value is -1.10. The molecule has 0 heterocycles. The van der Waals surface area contributed by atoms with Crippen molar-refractivity contribution in [2.24, 2.45) is 5.73 Å². The van der Waals surface area contributed by atoms with Gasteiger partial charge in [0.2, 0.25) is 5.91 Å². The molecule has 17 heavy (non-hydrogen) atoms. The van der Waals surface area contributed by atoms with E-state index in [0.717, 1.165) is 25.7 Å². The first-order valence-corrected chi connectivity index (χ1v) is 6.19. The maximum Gasteiger partial charge on any atom is 0.323 e. The number of carboxylic acid groups (broad SMARTS) is 1. The molecule has 1 amide bonds. The van der Waals surface area contributed by atoms with Crippen molar-refractivity contribution in [3.8, 4) is 0 Å². The monoisotopic (exact) mass is 244 g/mol. The number of nitrogens with two attached hydrogens (primary N) is 1. The molecule has 5 nitrogen and oxygen atoms in total. The van der Waals surface area contributed by atoms with E-state index in [4.69, 9.17) is 10.8 Å². The average molecular weight is 244 g/mol. The first kappa shape index (κ1) is 15.9. The van der Waals surface area contributed by atoms with Crippen molar-refractivity contribution in [3.05, 3.63) is 0 Å². The number of nitrogens with one attached hydrogen (secondary N) is 1. The number of aliphatic carboxylic acids is 1. The average Bonchev–Trinajstić information content (AvgIpc) is 2.26. The van der Waals surface area contributed by atoms with Crippen molar-refractivity contribution < 1.29 is 14.7 Å². The van der Waals surface area contributed by atoms with E-state index in [9.17, 15) is 9.59 Å². The third-order valence-corrected chi connectivity index (χ3v) is 2.91. The Morgan fingerprint density at radius 2 is 1.82 bits per heavy atom. The highest BCUT2D eigenvalue weighted by Gasteiger charge is 2.32. The quantitative estimate of drug-likeness (QED) is 0.504. The van der Waals surface area contributed by atoms with Crippen LogP contribution in [0, 0.1) is 0 Å². The number of rotatable bonds is 10. The van der Waals surface area contributed by atoms with Gasteiger partial charge in [-0.1, -0.05) is 39.0 Å². The van der Waals surface area contributed by atoms with Crippen LogP contribution in [-0.4, -0.2) is 29.1 Å². The van der Waals surface area contributed by atoms with E-state index >= 15 is 0 Å². The third-order valence-electron chi connectivity index (χ3n) is 2.91. The Morgan fingerprint density at radius 1 is 1.24 bits per heavy atom. The second-order valence-corrected chi connectivity index (χ2v) is 4.62. The van der Waals surface area contributed by atoms with Crippen LogP contribution in [0.1, 0.15) is 52.4 Å². The standard InChI is InChI=1S/C12H24N2O3/c1-3-4-5-6-7-8-12(2,11(16)17)14-9-10(13)15/h14H,3-9H2,1-2H3,(H2,13,15)(H,16,17). The molecule has 0 aliphatic carbocycles. The van der Waals surface area contributed by atoms with Crippen LogP contribution >= 0.6 is 0 Å². The van der Waals surface area contributed by atoms with E-state index in [-0.39, 0.29) is 6.54 Å². The third kappa shape index (κ3) is 6.94. The van der Waals surface area contributed by atoms with Crippen LogP contribution in [0.5, 0.6) is 0 Å². The zero-order valence-electron chi connectivity index (χ0n) is 10.8. The van der Waals surface area contributed by atoms with Gasteiger partial charge in [0, 0.05) is 0 Å². The first-order valence-electron chi connectivity index (χ1n) is 6.19. The largest absolute Gasteiger partial charge is 0.480 e. The van der Waals surface area contributed by atoms with Crippen molar-refractivity contribution in [2.75, 3.05) is 6.54 Å². The van der Waals surface area contributed by atoms with Gasteiger partial charge in [0.1, 0.15) is 5.54 Å². The maximum absolute atomic E-state index is 11.1. The Morgan fingerprint density at radius 3 is 2.29 bits per heavy atom. The van der Waals surface area contributed by atoms with Gasteiger partial charge < -0.3 is 10.8 Å². The summed E-state index contributed by atoms with van der Waals surface area (Å²) in [5.74, 6) is -1.47. The van der Waals surface area contributed by atoms with Gasteiger partial charge in [-0.3, -0.25) is 14.9 Å². The van der Waals surface area contributed by atoms with Crippen molar-refractivity contribution in [3.63, 3.8) is 0 Å². The van der Waals surface area contributed by atoms with Crippen molar-refractivity contribution in [1.29, 1.82) is 0 Å². The fourth-order valence-corrected chi connectivity index (χ4v) is 1.64. The van der Waals surface area contributed by atoms with E-state index in [1.165, 1.54) is 6.42 Å². The molecule has 0 aliphatic heterocycles. The highest BCUT2D eigenvalue weighted by molar-refractivity contribution is 5.81. The van der Waals surface area contributed by atoms with Crippen LogP contribution in [0.15, 0.2) is 0 Å². The van der Waals surface area contributed by atoms with E-state index in [1.807, 2.05) is 0 Å². The number of unbranched alkanes of at least 4 members (excludes halogenated alkanes) is 4. The van der Waals surface area contributed by atoms with E-state index in [0.29, 0.717) is 6.42 Å². The van der Waals surface area contributed by atoms with E-state index in [1.54, 1.807) is 6.92 Å². The molecule has 0 saturated heterocycles. The molecule has 5 heteroatoms. The molecule has 0 spiro atoms. The summed E-state index contributed by atoms with van der Waals surface area (Å²) in [6.45, 7) is 3.63. The van der Waals surface area contributed by atoms with Crippen LogP contribution in [0.25, 0.3) is 0 Å². The lowest BCUT2D eigenvalue weighted by Gasteiger charge is -2.25. The lowest BCUT2D eigenvalue weighted by atomic mass is 9.94. The van der Waals surface area contributed by atoms with Gasteiger partial charge in [0.25, 0.3) is 0 Å². The molecular weight excluding hydrogens is 220 g/mol. The van der Waals surface area contributed by atoms with Crippen LogP contribution in [0.2, 0.25) is 0 Å². The van der Waals surface area contributed by atoms with Gasteiger partial charge in [0.05, 0.1) is 6.54 Å². The summed E-state index contributed by atoms with van der Waals surface area (Å²) in [4.78, 5) is 21.8. The fourth-order valence-electron chi connectivity index (χ4n) is 1.64. The van der Waals surface area contributed by atoms with Gasteiger partial charge in [0.15, 0.2) is 0 Å². The number of carbonyl (C=O) groups is 2. The second kappa shape index (κ2) is 8.06. The molecule has 0 aromatic heterocycles. The predicted molar refractivity (Wildman–Crippen MR) is 66.6 cm³/mol. The lowest BCUT2D eigenvalue weighted by Crippen LogP contribution is -2.52. The number of hydrogen-bond acceptors (Lipinski definition) is 3. The van der Waals surface area contributed by atoms with Gasteiger partial charge in [-0.05, 0) is 13.3 Å². The van der Waals surface area contributed by atoms with Gasteiger partial charge in [-0.25, -0.2) is 0 Å². The maximum atomic E-state index is 11.1. The molecule has 100 valence electrons. The van der Waals surface area contributed by atoms with Gasteiger partial charge in [-0.15, -0.1) is 0 Å². The molecule has 0 aromatic rings. The fraction of sp³-hybridized carbons (Fsp3) is 0.833. The van der Waals surface area contributed by atoms with Crippen molar-refractivity contribution >= 4 is 11.9 Å². The number of primary amides is 1. The summed E-state index contributed by atoms with van der Waals surface area (Å²) in [7, 11) is 0. The van der Waals surface area contributed by atoms with Crippen LogP contribution in [0.3, 0.4) is 0 Å². The molecule has 1 unspecified atom stereocenters. The predicted octanol–water partition coefficient (Wildman–Crippen LogP) is 1.27. The Bertz CT molecular complexity index is 256. The minimum Gasteiger partial charge on any atom is -0.480 e. The number of hydrogen-bond donors (Lipinski definition) is 3. The summed E-state index contributed by atoms with van der Waals surface area (Å²) in [5, 5.41) is 11.8. The van der Waals surface area contributed by atoms with Crippen LogP contribution in [-0.2, 0) is 9.59 Å². The first-order chi connectivity index (χ1) is 7.92. The van der Waals surface area contributed by atoms with Gasteiger partial charge >= 0.3 is 5.97 Å². The molecule has 1 atom stereocenters. The molecule has 0 fully saturated rings. The lowest BCUT2D eigenvalue weighted by molar-refractivity contribution is -0.144. The molecule has 0 bridgehead atoms.